The van der Waals surface area contributed by atoms with E-state index in [0.29, 0.717) is 17.7 Å². The van der Waals surface area contributed by atoms with E-state index in [9.17, 15) is 8.42 Å². The normalized spacial score (nSPS) is 16.8. The number of nitriles is 1. The number of aryl methyl sites for hydroxylation is 1. The van der Waals surface area contributed by atoms with Gasteiger partial charge in [0.05, 0.1) is 22.2 Å². The lowest BCUT2D eigenvalue weighted by atomic mass is 10.0. The minimum atomic E-state index is -3.83. The van der Waals surface area contributed by atoms with E-state index >= 15 is 0 Å². The smallest absolute Gasteiger partial charge is 0.297 e. The lowest BCUT2D eigenvalue weighted by Gasteiger charge is -2.09. The molecule has 1 unspecified atom stereocenters. The van der Waals surface area contributed by atoms with E-state index in [4.69, 9.17) is 14.3 Å². The van der Waals surface area contributed by atoms with Crippen molar-refractivity contribution in [3.8, 4) is 6.07 Å². The van der Waals surface area contributed by atoms with Gasteiger partial charge in [0.2, 0.25) is 0 Å². The van der Waals surface area contributed by atoms with E-state index in [-0.39, 0.29) is 11.5 Å². The molecule has 0 aromatic heterocycles. The van der Waals surface area contributed by atoms with Gasteiger partial charge in [-0.15, -0.1) is 0 Å². The zero-order valence-corrected chi connectivity index (χ0v) is 14.4. The van der Waals surface area contributed by atoms with Crippen LogP contribution < -0.4 is 0 Å². The molecular weight excluding hydrogens is 340 g/mol. The summed E-state index contributed by atoms with van der Waals surface area (Å²) in [6.45, 7) is 1.75. The highest BCUT2D eigenvalue weighted by molar-refractivity contribution is 7.86. The Hall–Kier alpha value is -2.69. The van der Waals surface area contributed by atoms with Crippen molar-refractivity contribution in [3.05, 3.63) is 65.2 Å². The van der Waals surface area contributed by atoms with Crippen LogP contribution in [0.5, 0.6) is 0 Å². The van der Waals surface area contributed by atoms with E-state index in [1.165, 1.54) is 12.1 Å². The Bertz CT molecular complexity index is 944. The third-order valence-corrected chi connectivity index (χ3v) is 5.07. The van der Waals surface area contributed by atoms with Gasteiger partial charge in [0.15, 0.2) is 6.10 Å². The van der Waals surface area contributed by atoms with Crippen molar-refractivity contribution in [2.24, 2.45) is 5.16 Å². The van der Waals surface area contributed by atoms with Crippen molar-refractivity contribution in [2.45, 2.75) is 24.3 Å². The molecule has 0 spiro atoms. The Balaban J connectivity index is 1.61. The highest BCUT2D eigenvalue weighted by Gasteiger charge is 2.25. The maximum Gasteiger partial charge on any atom is 0.297 e. The van der Waals surface area contributed by atoms with Crippen LogP contribution in [0.25, 0.3) is 0 Å². The Morgan fingerprint density at radius 1 is 1.28 bits per heavy atom. The topological polar surface area (TPSA) is 88.8 Å². The van der Waals surface area contributed by atoms with E-state index in [1.807, 2.05) is 13.0 Å². The molecule has 0 N–H and O–H groups in total. The molecule has 0 bridgehead atoms. The minimum absolute atomic E-state index is 0.110. The van der Waals surface area contributed by atoms with Crippen molar-refractivity contribution < 1.29 is 17.4 Å². The second kappa shape index (κ2) is 7.05. The standard InChI is InChI=1S/C18H16N2O4S/c1-13-5-7-17(8-6-13)25(21,22)23-12-16-10-18(20-24-16)15-4-2-3-14(9-15)11-19/h2-9,16H,10,12H2,1H3. The summed E-state index contributed by atoms with van der Waals surface area (Å²) in [6, 6.07) is 15.5. The van der Waals surface area contributed by atoms with Gasteiger partial charge in [0.25, 0.3) is 10.1 Å². The first kappa shape index (κ1) is 17.1. The van der Waals surface area contributed by atoms with Crippen LogP contribution in [0.4, 0.5) is 0 Å². The second-order valence-corrected chi connectivity index (χ2v) is 7.33. The van der Waals surface area contributed by atoms with Crippen LogP contribution in [0.2, 0.25) is 0 Å². The van der Waals surface area contributed by atoms with Crippen molar-refractivity contribution in [1.82, 2.24) is 0 Å². The van der Waals surface area contributed by atoms with Crippen LogP contribution in [0.3, 0.4) is 0 Å². The van der Waals surface area contributed by atoms with Gasteiger partial charge in [-0.05, 0) is 31.2 Å². The molecule has 6 nitrogen and oxygen atoms in total. The van der Waals surface area contributed by atoms with Gasteiger partial charge in [0, 0.05) is 12.0 Å². The molecule has 0 saturated carbocycles. The molecule has 1 atom stereocenters. The van der Waals surface area contributed by atoms with E-state index in [2.05, 4.69) is 11.2 Å². The van der Waals surface area contributed by atoms with E-state index in [1.54, 1.807) is 30.3 Å². The van der Waals surface area contributed by atoms with Crippen molar-refractivity contribution >= 4 is 15.8 Å². The van der Waals surface area contributed by atoms with Gasteiger partial charge >= 0.3 is 0 Å². The molecule has 0 fully saturated rings. The van der Waals surface area contributed by atoms with Crippen LogP contribution in [0.1, 0.15) is 23.1 Å². The average Bonchev–Trinajstić information content (AvgIpc) is 3.10. The van der Waals surface area contributed by atoms with Gasteiger partial charge in [-0.25, -0.2) is 0 Å². The fourth-order valence-electron chi connectivity index (χ4n) is 2.39. The Morgan fingerprint density at radius 2 is 2.04 bits per heavy atom. The van der Waals surface area contributed by atoms with Gasteiger partial charge in [-0.1, -0.05) is 35.0 Å². The quantitative estimate of drug-likeness (QED) is 0.769. The molecular formula is C18H16N2O4S. The first-order valence-electron chi connectivity index (χ1n) is 7.67. The van der Waals surface area contributed by atoms with Crippen molar-refractivity contribution in [3.63, 3.8) is 0 Å². The van der Waals surface area contributed by atoms with Crippen LogP contribution >= 0.6 is 0 Å². The first-order valence-corrected chi connectivity index (χ1v) is 9.08. The zero-order valence-electron chi connectivity index (χ0n) is 13.5. The summed E-state index contributed by atoms with van der Waals surface area (Å²) < 4.78 is 29.5. The predicted molar refractivity (Wildman–Crippen MR) is 91.5 cm³/mol. The molecule has 0 amide bonds. The number of hydrogen-bond acceptors (Lipinski definition) is 6. The first-order chi connectivity index (χ1) is 12.0. The summed E-state index contributed by atoms with van der Waals surface area (Å²) in [5, 5.41) is 12.9. The third-order valence-electron chi connectivity index (χ3n) is 3.78. The van der Waals surface area contributed by atoms with Crippen molar-refractivity contribution in [2.75, 3.05) is 6.61 Å². The maximum absolute atomic E-state index is 12.2. The number of benzene rings is 2. The lowest BCUT2D eigenvalue weighted by molar-refractivity contribution is 0.0490. The number of nitrogens with zero attached hydrogens (tertiary/aromatic N) is 2. The molecule has 3 rings (SSSR count). The molecule has 2 aromatic carbocycles. The van der Waals surface area contributed by atoms with Crippen LogP contribution in [0, 0.1) is 18.3 Å². The van der Waals surface area contributed by atoms with Crippen LogP contribution in [0.15, 0.2) is 58.6 Å². The zero-order chi connectivity index (χ0) is 17.9. The second-order valence-electron chi connectivity index (χ2n) is 5.71. The number of oxime groups is 1. The molecule has 2 aromatic rings. The third kappa shape index (κ3) is 4.05. The monoisotopic (exact) mass is 356 g/mol. The summed E-state index contributed by atoms with van der Waals surface area (Å²) in [4.78, 5) is 5.37. The molecule has 1 aliphatic heterocycles. The number of hydrogen-bond donors (Lipinski definition) is 0. The molecule has 0 aliphatic carbocycles. The Morgan fingerprint density at radius 3 is 2.76 bits per heavy atom. The Kier molecular flexibility index (Phi) is 4.83. The summed E-state index contributed by atoms with van der Waals surface area (Å²) >= 11 is 0. The van der Waals surface area contributed by atoms with Gasteiger partial charge in [0.1, 0.15) is 6.61 Å². The van der Waals surface area contributed by atoms with E-state index in [0.717, 1.165) is 11.1 Å². The fourth-order valence-corrected chi connectivity index (χ4v) is 3.33. The van der Waals surface area contributed by atoms with Gasteiger partial charge < -0.3 is 4.84 Å². The molecule has 128 valence electrons. The summed E-state index contributed by atoms with van der Waals surface area (Å²) in [5.74, 6) is 0. The largest absolute Gasteiger partial charge is 0.389 e. The van der Waals surface area contributed by atoms with Gasteiger partial charge in [-0.3, -0.25) is 4.18 Å². The highest BCUT2D eigenvalue weighted by atomic mass is 32.2. The molecule has 1 aliphatic rings. The predicted octanol–water partition coefficient (Wildman–Crippen LogP) is 2.77. The Labute approximate surface area is 146 Å². The highest BCUT2D eigenvalue weighted by Crippen LogP contribution is 2.20. The van der Waals surface area contributed by atoms with Crippen LogP contribution in [-0.4, -0.2) is 26.8 Å². The average molecular weight is 356 g/mol. The summed E-state index contributed by atoms with van der Waals surface area (Å²) in [6.07, 6.45) is -0.0702. The fraction of sp³-hybridized carbons (Fsp3) is 0.222. The van der Waals surface area contributed by atoms with Crippen LogP contribution in [-0.2, 0) is 19.1 Å². The van der Waals surface area contributed by atoms with Crippen molar-refractivity contribution in [1.29, 1.82) is 5.26 Å². The number of rotatable bonds is 5. The lowest BCUT2D eigenvalue weighted by Crippen LogP contribution is -2.19. The molecule has 7 heteroatoms. The molecule has 1 heterocycles. The maximum atomic E-state index is 12.2. The van der Waals surface area contributed by atoms with E-state index < -0.39 is 16.2 Å². The summed E-state index contributed by atoms with van der Waals surface area (Å²) in [7, 11) is -3.83. The summed E-state index contributed by atoms with van der Waals surface area (Å²) in [5.41, 5.74) is 2.94. The molecule has 0 saturated heterocycles. The SMILES string of the molecule is Cc1ccc(S(=O)(=O)OCC2CC(c3cccc(C#N)c3)=NO2)cc1. The van der Waals surface area contributed by atoms with Gasteiger partial charge in [-0.2, -0.15) is 13.7 Å². The molecule has 0 radical (unpaired) electrons. The molecule has 25 heavy (non-hydrogen) atoms. The minimum Gasteiger partial charge on any atom is -0.389 e.